The number of hydrogen-bond acceptors (Lipinski definition) is 3. The zero-order valence-electron chi connectivity index (χ0n) is 11.7. The zero-order chi connectivity index (χ0) is 13.8. The lowest BCUT2D eigenvalue weighted by Gasteiger charge is -2.25. The van der Waals surface area contributed by atoms with E-state index < -0.39 is 0 Å². The highest BCUT2D eigenvalue weighted by molar-refractivity contribution is 5.95. The van der Waals surface area contributed by atoms with Crippen LogP contribution in [0.5, 0.6) is 0 Å². The van der Waals surface area contributed by atoms with E-state index in [-0.39, 0.29) is 12.0 Å². The second-order valence-electron chi connectivity index (χ2n) is 5.40. The number of hydrogen-bond donors (Lipinski definition) is 2. The van der Waals surface area contributed by atoms with Gasteiger partial charge in [-0.25, -0.2) is 0 Å². The van der Waals surface area contributed by atoms with E-state index >= 15 is 0 Å². The van der Waals surface area contributed by atoms with Crippen LogP contribution in [0.4, 0.5) is 0 Å². The zero-order valence-corrected chi connectivity index (χ0v) is 11.7. The summed E-state index contributed by atoms with van der Waals surface area (Å²) in [5.74, 6) is 0.463. The number of amides is 1. The van der Waals surface area contributed by atoms with Gasteiger partial charge in [0, 0.05) is 19.8 Å². The average molecular weight is 265 g/mol. The maximum atomic E-state index is 12.1. The van der Waals surface area contributed by atoms with Crippen LogP contribution < -0.4 is 5.32 Å². The van der Waals surface area contributed by atoms with Gasteiger partial charge in [0.05, 0.1) is 17.4 Å². The normalized spacial score (nSPS) is 23.3. The van der Waals surface area contributed by atoms with Gasteiger partial charge in [0.2, 0.25) is 0 Å². The summed E-state index contributed by atoms with van der Waals surface area (Å²) < 4.78 is 1.69. The molecule has 0 bridgehead atoms. The summed E-state index contributed by atoms with van der Waals surface area (Å²) in [4.78, 5) is 12.1. The van der Waals surface area contributed by atoms with Crippen molar-refractivity contribution in [3.8, 4) is 0 Å². The molecule has 106 valence electrons. The predicted molar refractivity (Wildman–Crippen MR) is 72.9 cm³/mol. The molecular weight excluding hydrogens is 242 g/mol. The van der Waals surface area contributed by atoms with Gasteiger partial charge in [-0.15, -0.1) is 0 Å². The summed E-state index contributed by atoms with van der Waals surface area (Å²) in [5.41, 5.74) is 1.53. The van der Waals surface area contributed by atoms with E-state index in [9.17, 15) is 9.90 Å². The van der Waals surface area contributed by atoms with Crippen molar-refractivity contribution in [1.29, 1.82) is 0 Å². The summed E-state index contributed by atoms with van der Waals surface area (Å²) in [6, 6.07) is 0. The molecule has 0 saturated heterocycles. The molecule has 0 aromatic carbocycles. The van der Waals surface area contributed by atoms with Crippen molar-refractivity contribution < 1.29 is 9.90 Å². The molecule has 1 aromatic rings. The Morgan fingerprint density at radius 3 is 2.79 bits per heavy atom. The number of rotatable bonds is 4. The molecular formula is C14H23N3O2. The van der Waals surface area contributed by atoms with Crippen molar-refractivity contribution in [2.75, 3.05) is 6.54 Å². The highest BCUT2D eigenvalue weighted by atomic mass is 16.3. The first-order chi connectivity index (χ1) is 9.10. The molecule has 1 aliphatic rings. The second kappa shape index (κ2) is 6.19. The van der Waals surface area contributed by atoms with Crippen LogP contribution in [0.1, 0.15) is 48.7 Å². The molecule has 2 rings (SSSR count). The maximum Gasteiger partial charge on any atom is 0.254 e. The highest BCUT2D eigenvalue weighted by Crippen LogP contribution is 2.23. The Morgan fingerprint density at radius 2 is 2.16 bits per heavy atom. The molecule has 19 heavy (non-hydrogen) atoms. The lowest BCUT2D eigenvalue weighted by atomic mass is 9.87. The SMILES string of the molecule is CCc1nn(C)cc1C(=O)NCC1CCC(O)CC1. The molecule has 1 aliphatic carbocycles. The van der Waals surface area contributed by atoms with Gasteiger partial charge in [-0.1, -0.05) is 6.92 Å². The largest absolute Gasteiger partial charge is 0.393 e. The van der Waals surface area contributed by atoms with Gasteiger partial charge in [0.25, 0.3) is 5.91 Å². The van der Waals surface area contributed by atoms with Crippen LogP contribution >= 0.6 is 0 Å². The minimum atomic E-state index is -0.142. The Hall–Kier alpha value is -1.36. The first kappa shape index (κ1) is 14.1. The third-order valence-corrected chi connectivity index (χ3v) is 3.85. The Balaban J connectivity index is 1.87. The highest BCUT2D eigenvalue weighted by Gasteiger charge is 2.21. The first-order valence-corrected chi connectivity index (χ1v) is 7.09. The minimum Gasteiger partial charge on any atom is -0.393 e. The maximum absolute atomic E-state index is 12.1. The van der Waals surface area contributed by atoms with E-state index in [1.807, 2.05) is 14.0 Å². The van der Waals surface area contributed by atoms with E-state index in [0.717, 1.165) is 37.8 Å². The predicted octanol–water partition coefficient (Wildman–Crippen LogP) is 1.26. The lowest BCUT2D eigenvalue weighted by molar-refractivity contribution is 0.0909. The number of aliphatic hydroxyl groups excluding tert-OH is 1. The van der Waals surface area contributed by atoms with Crippen molar-refractivity contribution in [3.05, 3.63) is 17.5 Å². The van der Waals surface area contributed by atoms with Gasteiger partial charge >= 0.3 is 0 Å². The van der Waals surface area contributed by atoms with Crippen LogP contribution in [-0.2, 0) is 13.5 Å². The summed E-state index contributed by atoms with van der Waals surface area (Å²) in [6.45, 7) is 2.70. The van der Waals surface area contributed by atoms with E-state index in [4.69, 9.17) is 0 Å². The van der Waals surface area contributed by atoms with Gasteiger partial charge in [0.1, 0.15) is 0 Å². The number of carbonyl (C=O) groups excluding carboxylic acids is 1. The van der Waals surface area contributed by atoms with Crippen LogP contribution in [0, 0.1) is 5.92 Å². The van der Waals surface area contributed by atoms with Crippen LogP contribution in [0.2, 0.25) is 0 Å². The van der Waals surface area contributed by atoms with E-state index in [0.29, 0.717) is 18.0 Å². The van der Waals surface area contributed by atoms with Crippen molar-refractivity contribution >= 4 is 5.91 Å². The number of nitrogens with one attached hydrogen (secondary N) is 1. The van der Waals surface area contributed by atoms with Crippen LogP contribution in [-0.4, -0.2) is 33.4 Å². The molecule has 1 amide bonds. The standard InChI is InChI=1S/C14H23N3O2/c1-3-13-12(9-17(2)16-13)14(19)15-8-10-4-6-11(18)7-5-10/h9-11,18H,3-8H2,1-2H3,(H,15,19). The Kier molecular flexibility index (Phi) is 4.58. The molecule has 2 N–H and O–H groups in total. The van der Waals surface area contributed by atoms with Crippen molar-refractivity contribution in [3.63, 3.8) is 0 Å². The molecule has 0 radical (unpaired) electrons. The third kappa shape index (κ3) is 3.56. The number of carbonyl (C=O) groups is 1. The average Bonchev–Trinajstić information content (AvgIpc) is 2.79. The number of nitrogens with zero attached hydrogens (tertiary/aromatic N) is 2. The third-order valence-electron chi connectivity index (χ3n) is 3.85. The van der Waals surface area contributed by atoms with Crippen molar-refractivity contribution in [2.45, 2.75) is 45.1 Å². The summed E-state index contributed by atoms with van der Waals surface area (Å²) in [6.07, 6.45) is 6.10. The number of aromatic nitrogens is 2. The summed E-state index contributed by atoms with van der Waals surface area (Å²) in [7, 11) is 1.83. The summed E-state index contributed by atoms with van der Waals surface area (Å²) in [5, 5.41) is 16.7. The van der Waals surface area contributed by atoms with Crippen LogP contribution in [0.3, 0.4) is 0 Å². The Morgan fingerprint density at radius 1 is 1.47 bits per heavy atom. The van der Waals surface area contributed by atoms with E-state index in [1.165, 1.54) is 0 Å². The quantitative estimate of drug-likeness (QED) is 0.861. The fourth-order valence-electron chi connectivity index (χ4n) is 2.67. The second-order valence-corrected chi connectivity index (χ2v) is 5.40. The van der Waals surface area contributed by atoms with Gasteiger partial charge in [-0.2, -0.15) is 5.10 Å². The molecule has 1 heterocycles. The number of aryl methyl sites for hydroxylation is 2. The molecule has 5 nitrogen and oxygen atoms in total. The molecule has 0 aliphatic heterocycles. The van der Waals surface area contributed by atoms with E-state index in [1.54, 1.807) is 10.9 Å². The fourth-order valence-corrected chi connectivity index (χ4v) is 2.67. The monoisotopic (exact) mass is 265 g/mol. The molecule has 0 unspecified atom stereocenters. The minimum absolute atomic E-state index is 0.0314. The smallest absolute Gasteiger partial charge is 0.254 e. The van der Waals surface area contributed by atoms with Gasteiger partial charge in [-0.3, -0.25) is 9.48 Å². The van der Waals surface area contributed by atoms with E-state index in [2.05, 4.69) is 10.4 Å². The van der Waals surface area contributed by atoms with Gasteiger partial charge in [0.15, 0.2) is 0 Å². The molecule has 0 atom stereocenters. The van der Waals surface area contributed by atoms with Crippen molar-refractivity contribution in [1.82, 2.24) is 15.1 Å². The van der Waals surface area contributed by atoms with Gasteiger partial charge in [-0.05, 0) is 38.0 Å². The van der Waals surface area contributed by atoms with Crippen LogP contribution in [0.15, 0.2) is 6.20 Å². The molecule has 5 heteroatoms. The molecule has 1 aromatic heterocycles. The van der Waals surface area contributed by atoms with Crippen LogP contribution in [0.25, 0.3) is 0 Å². The Bertz CT molecular complexity index is 434. The molecule has 1 saturated carbocycles. The lowest BCUT2D eigenvalue weighted by Crippen LogP contribution is -2.32. The van der Waals surface area contributed by atoms with Crippen molar-refractivity contribution in [2.24, 2.45) is 13.0 Å². The topological polar surface area (TPSA) is 67.2 Å². The fraction of sp³-hybridized carbons (Fsp3) is 0.714. The van der Waals surface area contributed by atoms with Gasteiger partial charge < -0.3 is 10.4 Å². The first-order valence-electron chi connectivity index (χ1n) is 7.09. The summed E-state index contributed by atoms with van der Waals surface area (Å²) >= 11 is 0. The molecule has 0 spiro atoms. The number of aliphatic hydroxyl groups is 1. The Labute approximate surface area is 114 Å². The molecule has 1 fully saturated rings.